The first kappa shape index (κ1) is 18.2. The summed E-state index contributed by atoms with van der Waals surface area (Å²) in [5, 5.41) is 6.91. The molecule has 2 N–H and O–H groups in total. The number of carbonyl (C=O) groups is 1. The van der Waals surface area contributed by atoms with E-state index in [4.69, 9.17) is 17.0 Å². The molecule has 3 rings (SSSR count). The summed E-state index contributed by atoms with van der Waals surface area (Å²) in [5.74, 6) is 0.966. The molecule has 0 radical (unpaired) electrons. The summed E-state index contributed by atoms with van der Waals surface area (Å²) in [6.45, 7) is 3.93. The molecule has 136 valence electrons. The van der Waals surface area contributed by atoms with Crippen LogP contribution in [0.15, 0.2) is 48.5 Å². The van der Waals surface area contributed by atoms with Crippen molar-refractivity contribution >= 4 is 34.6 Å². The fourth-order valence-electron chi connectivity index (χ4n) is 2.96. The quantitative estimate of drug-likeness (QED) is 0.761. The lowest BCUT2D eigenvalue weighted by Gasteiger charge is -2.17. The molecule has 1 fully saturated rings. The van der Waals surface area contributed by atoms with E-state index in [1.165, 1.54) is 0 Å². The van der Waals surface area contributed by atoms with E-state index in [-0.39, 0.29) is 5.91 Å². The molecular weight excluding hydrogens is 346 g/mol. The standard InChI is InChI=1S/C20H23N3O2S/c1-2-25-18-10-4-3-9-17(18)22-20(26)21-14-15-7-5-8-16(13-15)23-12-6-11-19(23)24/h3-5,7-10,13H,2,6,11-12,14H2,1H3,(H2,21,22,26). The average Bonchev–Trinajstić information content (AvgIpc) is 3.08. The van der Waals surface area contributed by atoms with Crippen molar-refractivity contribution in [1.29, 1.82) is 0 Å². The first-order valence-electron chi connectivity index (χ1n) is 8.83. The van der Waals surface area contributed by atoms with Gasteiger partial charge < -0.3 is 20.3 Å². The number of amides is 1. The maximum atomic E-state index is 11.9. The minimum atomic E-state index is 0.194. The normalized spacial score (nSPS) is 13.6. The number of rotatable bonds is 6. The molecule has 2 aromatic rings. The highest BCUT2D eigenvalue weighted by Crippen LogP contribution is 2.24. The molecule has 26 heavy (non-hydrogen) atoms. The zero-order valence-corrected chi connectivity index (χ0v) is 15.6. The zero-order valence-electron chi connectivity index (χ0n) is 14.8. The molecule has 1 aliphatic rings. The van der Waals surface area contributed by atoms with Crippen molar-refractivity contribution in [2.75, 3.05) is 23.4 Å². The fraction of sp³-hybridized carbons (Fsp3) is 0.300. The van der Waals surface area contributed by atoms with E-state index in [9.17, 15) is 4.79 Å². The van der Waals surface area contributed by atoms with Crippen LogP contribution < -0.4 is 20.3 Å². The maximum absolute atomic E-state index is 11.9. The second-order valence-electron chi connectivity index (χ2n) is 6.06. The first-order chi connectivity index (χ1) is 12.7. The molecule has 2 aromatic carbocycles. The second kappa shape index (κ2) is 8.67. The van der Waals surface area contributed by atoms with Crippen LogP contribution in [0.25, 0.3) is 0 Å². The molecule has 0 aliphatic carbocycles. The maximum Gasteiger partial charge on any atom is 0.227 e. The topological polar surface area (TPSA) is 53.6 Å². The summed E-state index contributed by atoms with van der Waals surface area (Å²) in [5.41, 5.74) is 2.86. The molecule has 1 saturated heterocycles. The Kier molecular flexibility index (Phi) is 6.07. The van der Waals surface area contributed by atoms with Gasteiger partial charge in [-0.2, -0.15) is 0 Å². The van der Waals surface area contributed by atoms with Gasteiger partial charge in [0.15, 0.2) is 5.11 Å². The number of ether oxygens (including phenoxy) is 1. The SMILES string of the molecule is CCOc1ccccc1NC(=S)NCc1cccc(N2CCCC2=O)c1. The molecule has 1 amide bonds. The van der Waals surface area contributed by atoms with Gasteiger partial charge in [-0.05, 0) is 55.4 Å². The van der Waals surface area contributed by atoms with Gasteiger partial charge in [-0.25, -0.2) is 0 Å². The number of benzene rings is 2. The summed E-state index contributed by atoms with van der Waals surface area (Å²) in [6, 6.07) is 15.7. The third-order valence-corrected chi connectivity index (χ3v) is 4.43. The lowest BCUT2D eigenvalue weighted by molar-refractivity contribution is -0.117. The lowest BCUT2D eigenvalue weighted by atomic mass is 10.2. The van der Waals surface area contributed by atoms with Gasteiger partial charge in [0.1, 0.15) is 5.75 Å². The van der Waals surface area contributed by atoms with Gasteiger partial charge >= 0.3 is 0 Å². The van der Waals surface area contributed by atoms with Crippen LogP contribution in [0.3, 0.4) is 0 Å². The van der Waals surface area contributed by atoms with Crippen LogP contribution >= 0.6 is 12.2 Å². The Morgan fingerprint density at radius 2 is 2.08 bits per heavy atom. The molecule has 5 nitrogen and oxygen atoms in total. The third-order valence-electron chi connectivity index (χ3n) is 4.18. The first-order valence-corrected chi connectivity index (χ1v) is 9.24. The summed E-state index contributed by atoms with van der Waals surface area (Å²) in [4.78, 5) is 13.8. The molecule has 1 aliphatic heterocycles. The molecule has 0 unspecified atom stereocenters. The summed E-state index contributed by atoms with van der Waals surface area (Å²) in [7, 11) is 0. The van der Waals surface area contributed by atoms with Crippen LogP contribution in [-0.2, 0) is 11.3 Å². The third kappa shape index (κ3) is 4.52. The van der Waals surface area contributed by atoms with Crippen molar-refractivity contribution in [3.05, 3.63) is 54.1 Å². The van der Waals surface area contributed by atoms with Crippen molar-refractivity contribution in [3.8, 4) is 5.75 Å². The predicted molar refractivity (Wildman–Crippen MR) is 109 cm³/mol. The van der Waals surface area contributed by atoms with Crippen molar-refractivity contribution in [2.24, 2.45) is 0 Å². The average molecular weight is 369 g/mol. The number of anilines is 2. The van der Waals surface area contributed by atoms with Crippen LogP contribution in [0, 0.1) is 0 Å². The van der Waals surface area contributed by atoms with Crippen LogP contribution in [-0.4, -0.2) is 24.2 Å². The number of hydrogen-bond donors (Lipinski definition) is 2. The van der Waals surface area contributed by atoms with E-state index in [1.807, 2.05) is 60.4 Å². The monoisotopic (exact) mass is 369 g/mol. The van der Waals surface area contributed by atoms with Gasteiger partial charge in [0.05, 0.1) is 12.3 Å². The number of carbonyl (C=O) groups excluding carboxylic acids is 1. The van der Waals surface area contributed by atoms with E-state index < -0.39 is 0 Å². The molecule has 0 spiro atoms. The minimum Gasteiger partial charge on any atom is -0.492 e. The number of thiocarbonyl (C=S) groups is 1. The smallest absolute Gasteiger partial charge is 0.227 e. The number of nitrogens with one attached hydrogen (secondary N) is 2. The number of para-hydroxylation sites is 2. The summed E-state index contributed by atoms with van der Waals surface area (Å²) >= 11 is 5.40. The van der Waals surface area contributed by atoms with E-state index in [0.717, 1.165) is 35.7 Å². The fourth-order valence-corrected chi connectivity index (χ4v) is 3.14. The lowest BCUT2D eigenvalue weighted by Crippen LogP contribution is -2.28. The highest BCUT2D eigenvalue weighted by molar-refractivity contribution is 7.80. The molecule has 1 heterocycles. The van der Waals surface area contributed by atoms with E-state index >= 15 is 0 Å². The molecule has 0 saturated carbocycles. The molecule has 6 heteroatoms. The van der Waals surface area contributed by atoms with Crippen LogP contribution in [0.5, 0.6) is 5.75 Å². The molecule has 0 aromatic heterocycles. The van der Waals surface area contributed by atoms with Crippen LogP contribution in [0.1, 0.15) is 25.3 Å². The van der Waals surface area contributed by atoms with Crippen molar-refractivity contribution in [3.63, 3.8) is 0 Å². The van der Waals surface area contributed by atoms with Gasteiger partial charge in [-0.1, -0.05) is 24.3 Å². The van der Waals surface area contributed by atoms with E-state index in [2.05, 4.69) is 10.6 Å². The van der Waals surface area contributed by atoms with Crippen molar-refractivity contribution < 1.29 is 9.53 Å². The Hall–Kier alpha value is -2.60. The molecule has 0 atom stereocenters. The van der Waals surface area contributed by atoms with Gasteiger partial charge in [0.25, 0.3) is 0 Å². The Balaban J connectivity index is 1.59. The van der Waals surface area contributed by atoms with Crippen molar-refractivity contribution in [2.45, 2.75) is 26.3 Å². The van der Waals surface area contributed by atoms with E-state index in [0.29, 0.717) is 24.7 Å². The molecular formula is C20H23N3O2S. The number of hydrogen-bond acceptors (Lipinski definition) is 3. The van der Waals surface area contributed by atoms with Gasteiger partial charge in [0, 0.05) is 25.2 Å². The zero-order chi connectivity index (χ0) is 18.4. The highest BCUT2D eigenvalue weighted by Gasteiger charge is 2.21. The Bertz CT molecular complexity index is 794. The van der Waals surface area contributed by atoms with Crippen LogP contribution in [0.4, 0.5) is 11.4 Å². The largest absolute Gasteiger partial charge is 0.492 e. The Morgan fingerprint density at radius 3 is 2.85 bits per heavy atom. The highest BCUT2D eigenvalue weighted by atomic mass is 32.1. The van der Waals surface area contributed by atoms with Gasteiger partial charge in [-0.15, -0.1) is 0 Å². The Labute approximate surface area is 159 Å². The summed E-state index contributed by atoms with van der Waals surface area (Å²) < 4.78 is 5.60. The van der Waals surface area contributed by atoms with Crippen LogP contribution in [0.2, 0.25) is 0 Å². The Morgan fingerprint density at radius 1 is 1.23 bits per heavy atom. The predicted octanol–water partition coefficient (Wildman–Crippen LogP) is 3.70. The number of nitrogens with zero attached hydrogens (tertiary/aromatic N) is 1. The van der Waals surface area contributed by atoms with Gasteiger partial charge in [0.2, 0.25) is 5.91 Å². The van der Waals surface area contributed by atoms with Gasteiger partial charge in [-0.3, -0.25) is 4.79 Å². The van der Waals surface area contributed by atoms with Crippen molar-refractivity contribution in [1.82, 2.24) is 5.32 Å². The second-order valence-corrected chi connectivity index (χ2v) is 6.46. The van der Waals surface area contributed by atoms with E-state index in [1.54, 1.807) is 0 Å². The molecule has 0 bridgehead atoms. The minimum absolute atomic E-state index is 0.194. The summed E-state index contributed by atoms with van der Waals surface area (Å²) in [6.07, 6.45) is 1.56.